The first-order valence-electron chi connectivity index (χ1n) is 43.1. The lowest BCUT2D eigenvalue weighted by Gasteiger charge is -2.34. The number of carboxylic acid groups (broad SMARTS) is 1. The van der Waals surface area contributed by atoms with Gasteiger partial charge in [-0.15, -0.1) is 0 Å². The summed E-state index contributed by atoms with van der Waals surface area (Å²) in [6, 6.07) is 16.3. The topological polar surface area (TPSA) is 352 Å². The minimum atomic E-state index is -1.01. The van der Waals surface area contributed by atoms with Gasteiger partial charge < -0.3 is 76.7 Å². The molecule has 0 spiro atoms. The Labute approximate surface area is 692 Å². The lowest BCUT2D eigenvalue weighted by Crippen LogP contribution is -2.44. The maximum Gasteiger partial charge on any atom is 0.410 e. The molecule has 8 saturated heterocycles. The van der Waals surface area contributed by atoms with E-state index in [1.807, 2.05) is 66.2 Å². The Balaban J connectivity index is 0.000000145. The number of aliphatic hydroxyl groups is 1. The average molecular weight is 1670 g/mol. The van der Waals surface area contributed by atoms with Gasteiger partial charge in [0.1, 0.15) is 28.9 Å². The standard InChI is InChI=1S/C26H41N7O.C19H28N6O.C14H18N4O2.C13H19N5.C10H20N2O2.C2H5BrO/c1-30-25-22(9-10-23(27-25)33-15-7-2-3-8-16-33)24(29-30)28-26(34)21-11-17-32(18-12-21)20-19-31-13-5-4-6-14-31;1-24-18-15(6-7-16(21-18)25-12-4-2-3-5-13-25)17(23-24)22-19(26)14-8-10-20-11-9-14;1-17-13-10(12(16-17)14(19)20)6-7-11(15-13)18-8-4-2-3-5-9-18;1-17-13-10(12(14)16-17)6-7-11(15-13)18-8-4-2-3-5-9-18;1-10(2,3)14-9(13)12-6-4-8(11)5-7-12;3-1-2-4/h9-10,21H,2-8,11-20H2,1H3,(H,28,29,34);6-7,14,20H,2-5,8-13H2,1H3,(H,22,23,26);6-7H,2-5,8-9H2,1H3,(H,19,20);6-7H,2-5,8-9H2,1H3,(H2,14,16);8H,4-7,11H2,1-3H3;4H,1-2H2. The number of amides is 3. The summed E-state index contributed by atoms with van der Waals surface area (Å²) in [6.45, 7) is 24.4. The molecule has 0 radical (unpaired) electrons. The van der Waals surface area contributed by atoms with E-state index in [0.29, 0.717) is 33.8 Å². The van der Waals surface area contributed by atoms with Crippen molar-refractivity contribution in [3.8, 4) is 0 Å². The number of hydrogen-bond donors (Lipinski definition) is 7. The number of halogens is 1. The van der Waals surface area contributed by atoms with E-state index in [0.717, 1.165) is 193 Å². The molecule has 8 aliphatic heterocycles. The summed E-state index contributed by atoms with van der Waals surface area (Å²) >= 11 is 3.00. The highest BCUT2D eigenvalue weighted by atomic mass is 79.9. The number of carboxylic acids is 1. The number of rotatable bonds is 13. The Hall–Kier alpha value is -8.56. The molecule has 8 fully saturated rings. The molecule has 8 aliphatic rings. The van der Waals surface area contributed by atoms with Crippen molar-refractivity contribution in [1.82, 2.24) is 79.1 Å². The Morgan fingerprint density at radius 3 is 1.20 bits per heavy atom. The largest absolute Gasteiger partial charge is 0.476 e. The second-order valence-electron chi connectivity index (χ2n) is 33.2. The van der Waals surface area contributed by atoms with Gasteiger partial charge in [-0.05, 0) is 211 Å². The number of nitrogens with zero attached hydrogens (tertiary/aromatic N) is 19. The van der Waals surface area contributed by atoms with Crippen molar-refractivity contribution >= 4 is 125 Å². The Morgan fingerprint density at radius 1 is 0.466 bits per heavy atom. The number of likely N-dealkylation sites (tertiary alicyclic amines) is 3. The number of carbonyl (C=O) groups excluding carboxylic acids is 3. The molecule has 8 aromatic heterocycles. The molecule has 0 bridgehead atoms. The number of aryl methyl sites for hydroxylation is 4. The number of alkyl halides is 1. The first-order valence-corrected chi connectivity index (χ1v) is 44.2. The van der Waals surface area contributed by atoms with Gasteiger partial charge in [0.25, 0.3) is 0 Å². The number of fused-ring (bicyclic) bond motifs is 4. The highest BCUT2D eigenvalue weighted by molar-refractivity contribution is 9.09. The van der Waals surface area contributed by atoms with Gasteiger partial charge in [0.15, 0.2) is 45.7 Å². The van der Waals surface area contributed by atoms with Crippen LogP contribution in [0, 0.1) is 11.8 Å². The smallest absolute Gasteiger partial charge is 0.410 e. The van der Waals surface area contributed by atoms with Crippen molar-refractivity contribution in [1.29, 1.82) is 0 Å². The third-order valence-electron chi connectivity index (χ3n) is 23.2. The van der Waals surface area contributed by atoms with Crippen molar-refractivity contribution in [2.24, 2.45) is 45.8 Å². The van der Waals surface area contributed by atoms with Gasteiger partial charge >= 0.3 is 12.1 Å². The molecule has 116 heavy (non-hydrogen) atoms. The van der Waals surface area contributed by atoms with E-state index in [9.17, 15) is 19.2 Å². The summed E-state index contributed by atoms with van der Waals surface area (Å²) in [5.41, 5.74) is 14.4. The van der Waals surface area contributed by atoms with Crippen LogP contribution in [-0.2, 0) is 42.5 Å². The zero-order valence-corrected chi connectivity index (χ0v) is 71.7. The maximum atomic E-state index is 13.1. The summed E-state index contributed by atoms with van der Waals surface area (Å²) in [6.07, 6.45) is 29.4. The maximum absolute atomic E-state index is 13.1. The summed E-state index contributed by atoms with van der Waals surface area (Å²) in [4.78, 5) is 83.7. The van der Waals surface area contributed by atoms with Crippen LogP contribution in [0.2, 0.25) is 0 Å². The van der Waals surface area contributed by atoms with Gasteiger partial charge in [0.05, 0.1) is 28.2 Å². The van der Waals surface area contributed by atoms with Crippen LogP contribution in [0.3, 0.4) is 0 Å². The molecule has 9 N–H and O–H groups in total. The van der Waals surface area contributed by atoms with Crippen molar-refractivity contribution in [3.63, 3.8) is 0 Å². The van der Waals surface area contributed by atoms with E-state index in [4.69, 9.17) is 41.4 Å². The Kier molecular flexibility index (Phi) is 33.3. The first kappa shape index (κ1) is 88.3. The van der Waals surface area contributed by atoms with E-state index in [-0.39, 0.29) is 48.1 Å². The number of hydrogen-bond acceptors (Lipinski definition) is 23. The third-order valence-corrected chi connectivity index (χ3v) is 23.6. The van der Waals surface area contributed by atoms with Crippen LogP contribution in [0.1, 0.15) is 192 Å². The molecule has 16 rings (SSSR count). The number of aromatic nitrogens is 12. The van der Waals surface area contributed by atoms with E-state index in [1.54, 1.807) is 30.7 Å². The van der Waals surface area contributed by atoms with Gasteiger partial charge in [-0.2, -0.15) is 20.4 Å². The van der Waals surface area contributed by atoms with Crippen molar-refractivity contribution in [3.05, 3.63) is 54.2 Å². The number of ether oxygens (including phenoxy) is 1. The molecule has 16 heterocycles. The minimum absolute atomic E-state index is 0.0626. The predicted octanol–water partition coefficient (Wildman–Crippen LogP) is 11.5. The number of aliphatic hydroxyl groups excluding tert-OH is 1. The number of aromatic carboxylic acids is 1. The molecule has 3 amide bonds. The van der Waals surface area contributed by atoms with Crippen LogP contribution in [-0.4, -0.2) is 249 Å². The van der Waals surface area contributed by atoms with Crippen LogP contribution in [0.25, 0.3) is 44.1 Å². The van der Waals surface area contributed by atoms with Gasteiger partial charge in [-0.25, -0.2) is 48.3 Å². The monoisotopic (exact) mass is 1670 g/mol. The zero-order chi connectivity index (χ0) is 82.1. The summed E-state index contributed by atoms with van der Waals surface area (Å²) in [5, 5.41) is 47.9. The van der Waals surface area contributed by atoms with Crippen LogP contribution >= 0.6 is 15.9 Å². The molecule has 0 unspecified atom stereocenters. The molecule has 0 aliphatic carbocycles. The fourth-order valence-electron chi connectivity index (χ4n) is 16.6. The summed E-state index contributed by atoms with van der Waals surface area (Å²) < 4.78 is 12.1. The number of nitrogens with one attached hydrogen (secondary N) is 3. The molecule has 8 aromatic rings. The molecule has 0 atom stereocenters. The zero-order valence-electron chi connectivity index (χ0n) is 70.1. The second-order valence-corrected chi connectivity index (χ2v) is 34.0. The number of carbonyl (C=O) groups is 4. The molecule has 0 saturated carbocycles. The van der Waals surface area contributed by atoms with Crippen LogP contribution in [0.15, 0.2) is 48.5 Å². The van der Waals surface area contributed by atoms with E-state index >= 15 is 0 Å². The van der Waals surface area contributed by atoms with Crippen molar-refractivity contribution in [2.45, 2.75) is 193 Å². The van der Waals surface area contributed by atoms with Crippen molar-refractivity contribution < 1.29 is 34.1 Å². The predicted molar refractivity (Wildman–Crippen MR) is 466 cm³/mol. The summed E-state index contributed by atoms with van der Waals surface area (Å²) in [7, 11) is 7.42. The highest BCUT2D eigenvalue weighted by Crippen LogP contribution is 2.32. The van der Waals surface area contributed by atoms with Crippen LogP contribution < -0.4 is 47.0 Å². The number of nitrogens with two attached hydrogens (primary N) is 2. The second kappa shape index (κ2) is 43.8. The molecule has 0 aromatic carbocycles. The Bertz CT molecular complexity index is 4400. The van der Waals surface area contributed by atoms with Gasteiger partial charge in [0.2, 0.25) is 11.8 Å². The lowest BCUT2D eigenvalue weighted by atomic mass is 9.96. The minimum Gasteiger partial charge on any atom is -0.476 e. The number of piperidine rings is 4. The third kappa shape index (κ3) is 25.0. The van der Waals surface area contributed by atoms with Gasteiger partial charge in [-0.3, -0.25) is 9.59 Å². The fourth-order valence-corrected chi connectivity index (χ4v) is 16.6. The molecule has 31 nitrogen and oxygen atoms in total. The van der Waals surface area contributed by atoms with E-state index in [2.05, 4.69) is 111 Å². The van der Waals surface area contributed by atoms with Gasteiger partial charge in [-0.1, -0.05) is 73.7 Å². The van der Waals surface area contributed by atoms with E-state index in [1.165, 1.54) is 142 Å². The SMILES string of the molecule is CC(C)(C)OC(=O)N1CCC(N)CC1.Cn1nc(C(=O)O)c2ccc(N3CCCCCC3)nc21.Cn1nc(N)c2ccc(N3CCCCCC3)nc21.Cn1nc(NC(=O)C2CCN(CCN3CCCCC3)CC2)c2ccc(N3CCCCCC3)nc21.Cn1nc(NC(=O)C2CCNCC2)c2ccc(N3CCCCCC3)nc21.OCCBr. The normalized spacial score (nSPS) is 18.8. The quantitative estimate of drug-likeness (QED) is 0.0527. The van der Waals surface area contributed by atoms with E-state index < -0.39 is 11.6 Å². The number of nitrogen functional groups attached to an aromatic ring is 1. The average Bonchev–Trinajstić information content (AvgIpc) is 1.65. The van der Waals surface area contributed by atoms with Gasteiger partial charge in [0, 0.05) is 130 Å². The molecular weight excluding hydrogens is 1540 g/mol. The Morgan fingerprint density at radius 2 is 0.802 bits per heavy atom. The number of anilines is 7. The number of pyridine rings is 4. The van der Waals surface area contributed by atoms with Crippen LogP contribution in [0.5, 0.6) is 0 Å². The molecule has 636 valence electrons. The van der Waals surface area contributed by atoms with Crippen molar-refractivity contribution in [2.75, 3.05) is 166 Å². The summed E-state index contributed by atoms with van der Waals surface area (Å²) in [5.74, 6) is 5.12. The molecule has 32 heteroatoms. The first-order chi connectivity index (χ1) is 56.1. The molecular formula is C84H131BrN24O7. The highest BCUT2D eigenvalue weighted by Gasteiger charge is 2.30. The fraction of sp³-hybridized carbons (Fsp3) is 0.667. The van der Waals surface area contributed by atoms with Crippen LogP contribution in [0.4, 0.5) is 45.5 Å². The lowest BCUT2D eigenvalue weighted by molar-refractivity contribution is -0.121.